The highest BCUT2D eigenvalue weighted by atomic mass is 16.2. The molecular formula is C22H35N3O. The van der Waals surface area contributed by atoms with Gasteiger partial charge in [0, 0.05) is 13.6 Å². The third-order valence-electron chi connectivity index (χ3n) is 6.28. The van der Waals surface area contributed by atoms with Crippen LogP contribution >= 0.6 is 0 Å². The summed E-state index contributed by atoms with van der Waals surface area (Å²) in [6.07, 6.45) is 8.74. The third-order valence-corrected chi connectivity index (χ3v) is 6.28. The summed E-state index contributed by atoms with van der Waals surface area (Å²) < 4.78 is 0. The van der Waals surface area contributed by atoms with Crippen molar-refractivity contribution >= 4 is 6.03 Å². The van der Waals surface area contributed by atoms with Gasteiger partial charge < -0.3 is 15.1 Å². The SMILES string of the molecule is CN1CCC(CN(C)C(=O)NC(c2ccccc2)C2CCCCC2)CC1. The molecule has 0 aromatic heterocycles. The molecule has 1 atom stereocenters. The molecule has 1 heterocycles. The van der Waals surface area contributed by atoms with Gasteiger partial charge in [-0.1, -0.05) is 49.6 Å². The quantitative estimate of drug-likeness (QED) is 0.853. The summed E-state index contributed by atoms with van der Waals surface area (Å²) in [7, 11) is 4.14. The Morgan fingerprint density at radius 1 is 1.12 bits per heavy atom. The molecular weight excluding hydrogens is 322 g/mol. The Morgan fingerprint density at radius 3 is 2.42 bits per heavy atom. The molecule has 1 saturated carbocycles. The molecule has 2 amide bonds. The van der Waals surface area contributed by atoms with Crippen LogP contribution in [0.4, 0.5) is 4.79 Å². The van der Waals surface area contributed by atoms with Gasteiger partial charge in [-0.25, -0.2) is 4.79 Å². The number of piperidine rings is 1. The minimum Gasteiger partial charge on any atom is -0.331 e. The van der Waals surface area contributed by atoms with Gasteiger partial charge in [-0.2, -0.15) is 0 Å². The standard InChI is InChI=1S/C22H35N3O/c1-24-15-13-18(14-16-24)17-25(2)22(26)23-21(19-9-5-3-6-10-19)20-11-7-4-8-12-20/h3,5-6,9-10,18,20-21H,4,7-8,11-17H2,1-2H3,(H,23,26). The minimum atomic E-state index is 0.0864. The lowest BCUT2D eigenvalue weighted by atomic mass is 9.81. The number of carbonyl (C=O) groups is 1. The summed E-state index contributed by atoms with van der Waals surface area (Å²) in [4.78, 5) is 17.2. The third kappa shape index (κ3) is 5.23. The number of hydrogen-bond acceptors (Lipinski definition) is 2. The molecule has 26 heavy (non-hydrogen) atoms. The Bertz CT molecular complexity index is 548. The Hall–Kier alpha value is -1.55. The van der Waals surface area contributed by atoms with E-state index in [0.29, 0.717) is 11.8 Å². The maximum absolute atomic E-state index is 12.9. The zero-order chi connectivity index (χ0) is 18.4. The molecule has 1 aromatic carbocycles. The van der Waals surface area contributed by atoms with E-state index in [0.717, 1.165) is 19.6 Å². The van der Waals surface area contributed by atoms with Crippen molar-refractivity contribution in [1.29, 1.82) is 0 Å². The number of amides is 2. The topological polar surface area (TPSA) is 35.6 Å². The molecule has 1 unspecified atom stereocenters. The van der Waals surface area contributed by atoms with Crippen molar-refractivity contribution in [2.45, 2.75) is 51.0 Å². The second-order valence-electron chi connectivity index (χ2n) is 8.36. The highest BCUT2D eigenvalue weighted by Gasteiger charge is 2.28. The van der Waals surface area contributed by atoms with Crippen molar-refractivity contribution in [3.8, 4) is 0 Å². The first-order valence-electron chi connectivity index (χ1n) is 10.4. The number of nitrogens with zero attached hydrogens (tertiary/aromatic N) is 2. The fraction of sp³-hybridized carbons (Fsp3) is 0.682. The Kier molecular flexibility index (Phi) is 6.95. The molecule has 4 nitrogen and oxygen atoms in total. The van der Waals surface area contributed by atoms with Gasteiger partial charge in [-0.3, -0.25) is 0 Å². The number of hydrogen-bond donors (Lipinski definition) is 1. The molecule has 1 aliphatic carbocycles. The lowest BCUT2D eigenvalue weighted by Crippen LogP contribution is -2.45. The van der Waals surface area contributed by atoms with Crippen LogP contribution in [0, 0.1) is 11.8 Å². The van der Waals surface area contributed by atoms with Gasteiger partial charge in [0.2, 0.25) is 0 Å². The molecule has 3 rings (SSSR count). The smallest absolute Gasteiger partial charge is 0.317 e. The van der Waals surface area contributed by atoms with Crippen LogP contribution in [0.15, 0.2) is 30.3 Å². The zero-order valence-electron chi connectivity index (χ0n) is 16.5. The van der Waals surface area contributed by atoms with Crippen LogP contribution < -0.4 is 5.32 Å². The van der Waals surface area contributed by atoms with Gasteiger partial charge >= 0.3 is 6.03 Å². The van der Waals surface area contributed by atoms with E-state index in [2.05, 4.69) is 47.6 Å². The monoisotopic (exact) mass is 357 g/mol. The van der Waals surface area contributed by atoms with E-state index in [4.69, 9.17) is 0 Å². The van der Waals surface area contributed by atoms with Crippen LogP contribution in [-0.4, -0.2) is 49.6 Å². The van der Waals surface area contributed by atoms with Crippen molar-refractivity contribution in [2.24, 2.45) is 11.8 Å². The number of benzene rings is 1. The number of urea groups is 1. The first-order valence-corrected chi connectivity index (χ1v) is 10.4. The molecule has 1 aromatic rings. The predicted octanol–water partition coefficient (Wildman–Crippen LogP) is 4.29. The Balaban J connectivity index is 1.61. The van der Waals surface area contributed by atoms with E-state index < -0.39 is 0 Å². The van der Waals surface area contributed by atoms with Gasteiger partial charge in [0.05, 0.1) is 6.04 Å². The molecule has 4 heteroatoms. The Labute approximate surface area is 158 Å². The molecule has 2 fully saturated rings. The maximum atomic E-state index is 12.9. The number of rotatable bonds is 5. The minimum absolute atomic E-state index is 0.0864. The maximum Gasteiger partial charge on any atom is 0.317 e. The summed E-state index contributed by atoms with van der Waals surface area (Å²) in [6.45, 7) is 3.16. The van der Waals surface area contributed by atoms with Gasteiger partial charge in [0.15, 0.2) is 0 Å². The van der Waals surface area contributed by atoms with Crippen LogP contribution in [0.1, 0.15) is 56.6 Å². The zero-order valence-corrected chi connectivity index (χ0v) is 16.5. The summed E-state index contributed by atoms with van der Waals surface area (Å²) >= 11 is 0. The van der Waals surface area contributed by atoms with E-state index >= 15 is 0 Å². The van der Waals surface area contributed by atoms with E-state index in [1.54, 1.807) is 0 Å². The second-order valence-corrected chi connectivity index (χ2v) is 8.36. The van der Waals surface area contributed by atoms with E-state index in [-0.39, 0.29) is 12.1 Å². The van der Waals surface area contributed by atoms with Gasteiger partial charge in [0.1, 0.15) is 0 Å². The summed E-state index contributed by atoms with van der Waals surface area (Å²) in [5.74, 6) is 1.19. The first kappa shape index (κ1) is 19.2. The van der Waals surface area contributed by atoms with Crippen LogP contribution in [0.5, 0.6) is 0 Å². The van der Waals surface area contributed by atoms with Gasteiger partial charge in [-0.15, -0.1) is 0 Å². The molecule has 1 saturated heterocycles. The molecule has 2 aliphatic rings. The summed E-state index contributed by atoms with van der Waals surface area (Å²) in [5.41, 5.74) is 1.25. The van der Waals surface area contributed by atoms with Gasteiger partial charge in [0.25, 0.3) is 0 Å². The second kappa shape index (κ2) is 9.40. The van der Waals surface area contributed by atoms with Crippen LogP contribution in [0.3, 0.4) is 0 Å². The highest BCUT2D eigenvalue weighted by Crippen LogP contribution is 2.34. The lowest BCUT2D eigenvalue weighted by Gasteiger charge is -2.35. The fourth-order valence-corrected chi connectivity index (χ4v) is 4.56. The average Bonchev–Trinajstić information content (AvgIpc) is 2.69. The van der Waals surface area contributed by atoms with E-state index in [9.17, 15) is 4.79 Å². The predicted molar refractivity (Wildman–Crippen MR) is 107 cm³/mol. The molecule has 1 aliphatic heterocycles. The van der Waals surface area contributed by atoms with Crippen LogP contribution in [-0.2, 0) is 0 Å². The number of nitrogens with one attached hydrogen (secondary N) is 1. The van der Waals surface area contributed by atoms with Crippen molar-refractivity contribution in [3.63, 3.8) is 0 Å². The molecule has 1 N–H and O–H groups in total. The van der Waals surface area contributed by atoms with Crippen molar-refractivity contribution < 1.29 is 4.79 Å². The van der Waals surface area contributed by atoms with Crippen molar-refractivity contribution in [3.05, 3.63) is 35.9 Å². The van der Waals surface area contributed by atoms with Crippen molar-refractivity contribution in [2.75, 3.05) is 33.7 Å². The summed E-state index contributed by atoms with van der Waals surface area (Å²) in [5, 5.41) is 3.38. The lowest BCUT2D eigenvalue weighted by molar-refractivity contribution is 0.163. The summed E-state index contributed by atoms with van der Waals surface area (Å²) in [6, 6.07) is 10.8. The molecule has 0 radical (unpaired) electrons. The van der Waals surface area contributed by atoms with Gasteiger partial charge in [-0.05, 0) is 63.2 Å². The average molecular weight is 358 g/mol. The Morgan fingerprint density at radius 2 is 1.77 bits per heavy atom. The van der Waals surface area contributed by atoms with Crippen LogP contribution in [0.2, 0.25) is 0 Å². The molecule has 144 valence electrons. The molecule has 0 bridgehead atoms. The molecule has 0 spiro atoms. The normalized spacial score (nSPS) is 21.3. The number of carbonyl (C=O) groups excluding carboxylic acids is 1. The number of likely N-dealkylation sites (tertiary alicyclic amines) is 1. The van der Waals surface area contributed by atoms with E-state index in [1.165, 1.54) is 50.5 Å². The van der Waals surface area contributed by atoms with E-state index in [1.807, 2.05) is 11.9 Å². The highest BCUT2D eigenvalue weighted by molar-refractivity contribution is 5.74. The first-order chi connectivity index (χ1) is 12.6. The largest absolute Gasteiger partial charge is 0.331 e. The van der Waals surface area contributed by atoms with Crippen molar-refractivity contribution in [1.82, 2.24) is 15.1 Å². The van der Waals surface area contributed by atoms with Crippen LogP contribution in [0.25, 0.3) is 0 Å². The fourth-order valence-electron chi connectivity index (χ4n) is 4.56.